The molecule has 0 bridgehead atoms. The number of aromatic nitrogens is 2. The summed E-state index contributed by atoms with van der Waals surface area (Å²) >= 11 is 0. The lowest BCUT2D eigenvalue weighted by molar-refractivity contribution is 0.0697. The van der Waals surface area contributed by atoms with Crippen molar-refractivity contribution >= 4 is 23.3 Å². The molecule has 0 aliphatic rings. The molecule has 92 valence electrons. The van der Waals surface area contributed by atoms with Crippen molar-refractivity contribution in [1.82, 2.24) is 10.2 Å². The summed E-state index contributed by atoms with van der Waals surface area (Å²) in [5.74, 6) is -1.50. The van der Waals surface area contributed by atoms with Gasteiger partial charge in [-0.05, 0) is 24.3 Å². The molecule has 2 rings (SSSR count). The molecule has 0 saturated heterocycles. The lowest BCUT2D eigenvalue weighted by atomic mass is 10.2. The molecule has 0 aliphatic carbocycles. The van der Waals surface area contributed by atoms with Crippen molar-refractivity contribution < 1.29 is 14.3 Å². The van der Waals surface area contributed by atoms with Crippen LogP contribution in [0.1, 0.15) is 10.4 Å². The van der Waals surface area contributed by atoms with Crippen LogP contribution < -0.4 is 11.1 Å². The zero-order chi connectivity index (χ0) is 13.1. The van der Waals surface area contributed by atoms with Crippen LogP contribution in [0.2, 0.25) is 0 Å². The number of nitrogens with two attached hydrogens (primary N) is 1. The third-order valence-electron chi connectivity index (χ3n) is 2.17. The molecule has 0 fully saturated rings. The number of nitrogens with one attached hydrogen (secondary N) is 1. The number of benzene rings is 1. The lowest BCUT2D eigenvalue weighted by Crippen LogP contribution is -2.07. The molecule has 0 spiro atoms. The van der Waals surface area contributed by atoms with Crippen LogP contribution in [0.5, 0.6) is 0 Å². The lowest BCUT2D eigenvalue weighted by Gasteiger charge is -2.06. The van der Waals surface area contributed by atoms with Gasteiger partial charge in [-0.1, -0.05) is 0 Å². The molecule has 18 heavy (non-hydrogen) atoms. The highest BCUT2D eigenvalue weighted by atomic mass is 19.1. The van der Waals surface area contributed by atoms with E-state index in [1.165, 1.54) is 30.3 Å². The molecule has 0 saturated carbocycles. The van der Waals surface area contributed by atoms with Crippen LogP contribution in [0, 0.1) is 5.82 Å². The maximum Gasteiger partial charge on any atom is 0.339 e. The molecular weight excluding hydrogens is 239 g/mol. The molecule has 1 aromatic heterocycles. The fraction of sp³-hybridized carbons (Fsp3) is 0. The fourth-order valence-corrected chi connectivity index (χ4v) is 1.31. The number of carboxylic acid groups (broad SMARTS) is 1. The Kier molecular flexibility index (Phi) is 3.05. The second kappa shape index (κ2) is 4.66. The third-order valence-corrected chi connectivity index (χ3v) is 2.17. The van der Waals surface area contributed by atoms with E-state index in [1.54, 1.807) is 0 Å². The number of halogens is 1. The molecule has 0 aliphatic heterocycles. The Morgan fingerprint density at radius 1 is 1.28 bits per heavy atom. The van der Waals surface area contributed by atoms with Crippen molar-refractivity contribution in [2.24, 2.45) is 0 Å². The molecule has 1 aromatic carbocycles. The smallest absolute Gasteiger partial charge is 0.339 e. The van der Waals surface area contributed by atoms with Gasteiger partial charge in [-0.2, -0.15) is 0 Å². The van der Waals surface area contributed by atoms with Gasteiger partial charge in [-0.3, -0.25) is 0 Å². The summed E-state index contributed by atoms with van der Waals surface area (Å²) in [5.41, 5.74) is 5.79. The van der Waals surface area contributed by atoms with Gasteiger partial charge >= 0.3 is 5.97 Å². The monoisotopic (exact) mass is 248 g/mol. The molecule has 0 amide bonds. The van der Waals surface area contributed by atoms with Crippen molar-refractivity contribution in [3.05, 3.63) is 41.7 Å². The number of hydrogen-bond donors (Lipinski definition) is 3. The van der Waals surface area contributed by atoms with Crippen LogP contribution in [0.3, 0.4) is 0 Å². The molecule has 2 aromatic rings. The van der Waals surface area contributed by atoms with E-state index in [4.69, 9.17) is 10.8 Å². The Bertz CT molecular complexity index is 586. The van der Waals surface area contributed by atoms with E-state index in [-0.39, 0.29) is 23.0 Å². The summed E-state index contributed by atoms with van der Waals surface area (Å²) in [4.78, 5) is 10.8. The van der Waals surface area contributed by atoms with E-state index >= 15 is 0 Å². The van der Waals surface area contributed by atoms with Crippen LogP contribution in [0.4, 0.5) is 21.7 Å². The van der Waals surface area contributed by atoms with Crippen LogP contribution in [-0.2, 0) is 0 Å². The molecule has 0 atom stereocenters. The summed E-state index contributed by atoms with van der Waals surface area (Å²) in [5, 5.41) is 18.9. The molecule has 1 heterocycles. The highest BCUT2D eigenvalue weighted by Gasteiger charge is 2.11. The summed E-state index contributed by atoms with van der Waals surface area (Å²) < 4.78 is 12.7. The minimum absolute atomic E-state index is 0.144. The van der Waals surface area contributed by atoms with E-state index < -0.39 is 5.97 Å². The number of rotatable bonds is 3. The van der Waals surface area contributed by atoms with Crippen molar-refractivity contribution in [3.8, 4) is 0 Å². The van der Waals surface area contributed by atoms with Gasteiger partial charge in [0.2, 0.25) is 0 Å². The van der Waals surface area contributed by atoms with Crippen molar-refractivity contribution in [1.29, 1.82) is 0 Å². The van der Waals surface area contributed by atoms with Gasteiger partial charge in [0.1, 0.15) is 11.4 Å². The minimum atomic E-state index is -1.19. The van der Waals surface area contributed by atoms with Crippen molar-refractivity contribution in [3.63, 3.8) is 0 Å². The topological polar surface area (TPSA) is 101 Å². The zero-order valence-electron chi connectivity index (χ0n) is 9.09. The van der Waals surface area contributed by atoms with Gasteiger partial charge in [0.25, 0.3) is 0 Å². The maximum atomic E-state index is 12.7. The van der Waals surface area contributed by atoms with Crippen molar-refractivity contribution in [2.75, 3.05) is 11.1 Å². The largest absolute Gasteiger partial charge is 0.478 e. The first kappa shape index (κ1) is 11.8. The number of nitrogen functional groups attached to an aromatic ring is 1. The van der Waals surface area contributed by atoms with Gasteiger partial charge < -0.3 is 16.2 Å². The highest BCUT2D eigenvalue weighted by molar-refractivity contribution is 5.93. The number of anilines is 3. The average molecular weight is 248 g/mol. The predicted molar refractivity (Wildman–Crippen MR) is 63.1 cm³/mol. The van der Waals surface area contributed by atoms with Gasteiger partial charge in [-0.15, -0.1) is 10.2 Å². The van der Waals surface area contributed by atoms with Gasteiger partial charge in [-0.25, -0.2) is 9.18 Å². The molecule has 7 heteroatoms. The minimum Gasteiger partial charge on any atom is -0.478 e. The molecule has 4 N–H and O–H groups in total. The van der Waals surface area contributed by atoms with Crippen LogP contribution in [0.25, 0.3) is 0 Å². The quantitative estimate of drug-likeness (QED) is 0.763. The fourth-order valence-electron chi connectivity index (χ4n) is 1.31. The van der Waals surface area contributed by atoms with Crippen LogP contribution in [0.15, 0.2) is 30.3 Å². The Balaban J connectivity index is 2.27. The highest BCUT2D eigenvalue weighted by Crippen LogP contribution is 2.17. The molecule has 6 nitrogen and oxygen atoms in total. The first-order valence-corrected chi connectivity index (χ1v) is 4.95. The maximum absolute atomic E-state index is 12.7. The zero-order valence-corrected chi connectivity index (χ0v) is 9.09. The van der Waals surface area contributed by atoms with Gasteiger partial charge in [0.05, 0.1) is 0 Å². The van der Waals surface area contributed by atoms with E-state index in [9.17, 15) is 9.18 Å². The van der Waals surface area contributed by atoms with Crippen LogP contribution in [-0.4, -0.2) is 21.3 Å². The van der Waals surface area contributed by atoms with Crippen LogP contribution >= 0.6 is 0 Å². The van der Waals surface area contributed by atoms with E-state index in [0.29, 0.717) is 5.69 Å². The van der Waals surface area contributed by atoms with E-state index in [1.807, 2.05) is 0 Å². The SMILES string of the molecule is Nc1nnc(Nc2ccc(F)cc2)cc1C(=O)O. The first-order chi connectivity index (χ1) is 8.56. The number of carbonyl (C=O) groups is 1. The normalized spacial score (nSPS) is 10.1. The van der Waals surface area contributed by atoms with E-state index in [2.05, 4.69) is 15.5 Å². The molecular formula is C11H9FN4O2. The number of carboxylic acids is 1. The summed E-state index contributed by atoms with van der Waals surface area (Å²) in [7, 11) is 0. The standard InChI is InChI=1S/C11H9FN4O2/c12-6-1-3-7(4-2-6)14-9-5-8(11(17)18)10(13)16-15-9/h1-5H,(H2,13,16)(H,14,15)(H,17,18). The predicted octanol–water partition coefficient (Wildman–Crippen LogP) is 1.64. The average Bonchev–Trinajstić information content (AvgIpc) is 2.34. The Morgan fingerprint density at radius 2 is 1.94 bits per heavy atom. The summed E-state index contributed by atoms with van der Waals surface area (Å²) in [6.45, 7) is 0. The van der Waals surface area contributed by atoms with Crippen molar-refractivity contribution in [2.45, 2.75) is 0 Å². The number of aromatic carboxylic acids is 1. The Morgan fingerprint density at radius 3 is 2.56 bits per heavy atom. The number of hydrogen-bond acceptors (Lipinski definition) is 5. The Hall–Kier alpha value is -2.70. The summed E-state index contributed by atoms with van der Waals surface area (Å²) in [6, 6.07) is 6.78. The first-order valence-electron chi connectivity index (χ1n) is 4.95. The second-order valence-corrected chi connectivity index (χ2v) is 3.47. The molecule has 0 radical (unpaired) electrons. The Labute approximate surface area is 101 Å². The van der Waals surface area contributed by atoms with E-state index in [0.717, 1.165) is 0 Å². The second-order valence-electron chi connectivity index (χ2n) is 3.47. The number of nitrogens with zero attached hydrogens (tertiary/aromatic N) is 2. The third kappa shape index (κ3) is 2.51. The van der Waals surface area contributed by atoms with Gasteiger partial charge in [0, 0.05) is 11.8 Å². The summed E-state index contributed by atoms with van der Waals surface area (Å²) in [6.07, 6.45) is 0. The van der Waals surface area contributed by atoms with Gasteiger partial charge in [0.15, 0.2) is 11.6 Å². The molecule has 0 unspecified atom stereocenters.